The van der Waals surface area contributed by atoms with Crippen LogP contribution in [-0.4, -0.2) is 60.1 Å². The molecule has 0 aromatic heterocycles. The van der Waals surface area contributed by atoms with E-state index in [0.717, 1.165) is 39.1 Å². The van der Waals surface area contributed by atoms with E-state index in [1.807, 2.05) is 11.8 Å². The molecule has 88 valence electrons. The van der Waals surface area contributed by atoms with Gasteiger partial charge in [-0.05, 0) is 13.0 Å². The van der Waals surface area contributed by atoms with E-state index >= 15 is 0 Å². The van der Waals surface area contributed by atoms with Gasteiger partial charge in [-0.1, -0.05) is 13.8 Å². The van der Waals surface area contributed by atoms with Crippen LogP contribution < -0.4 is 0 Å². The fourth-order valence-corrected chi connectivity index (χ4v) is 1.92. The Morgan fingerprint density at radius 1 is 1.27 bits per heavy atom. The molecule has 1 saturated heterocycles. The summed E-state index contributed by atoms with van der Waals surface area (Å²) in [7, 11) is 0. The summed E-state index contributed by atoms with van der Waals surface area (Å²) in [5.41, 5.74) is 0. The van der Waals surface area contributed by atoms with Gasteiger partial charge in [-0.15, -0.1) is 0 Å². The van der Waals surface area contributed by atoms with Crippen molar-refractivity contribution in [2.45, 2.75) is 20.3 Å². The average Bonchev–Trinajstić information content (AvgIpc) is 2.30. The van der Waals surface area contributed by atoms with Gasteiger partial charge in [0.1, 0.15) is 0 Å². The highest BCUT2D eigenvalue weighted by molar-refractivity contribution is 5.79. The molecule has 1 amide bonds. The molecule has 4 nitrogen and oxygen atoms in total. The summed E-state index contributed by atoms with van der Waals surface area (Å²) in [4.78, 5) is 16.1. The number of nitrogens with zero attached hydrogens (tertiary/aromatic N) is 2. The molecule has 1 unspecified atom stereocenters. The van der Waals surface area contributed by atoms with E-state index < -0.39 is 0 Å². The fraction of sp³-hybridized carbons (Fsp3) is 0.909. The topological polar surface area (TPSA) is 43.8 Å². The van der Waals surface area contributed by atoms with Gasteiger partial charge in [0.15, 0.2) is 0 Å². The van der Waals surface area contributed by atoms with Gasteiger partial charge in [-0.25, -0.2) is 0 Å². The summed E-state index contributed by atoms with van der Waals surface area (Å²) in [6, 6.07) is 0. The number of likely N-dealkylation sites (N-methyl/N-ethyl adjacent to an activating group) is 1. The SMILES string of the molecule is CCC(CO)C(=O)N1CCN(CC)CC1. The minimum Gasteiger partial charge on any atom is -0.396 e. The van der Waals surface area contributed by atoms with Crippen molar-refractivity contribution in [1.29, 1.82) is 0 Å². The lowest BCUT2D eigenvalue weighted by molar-refractivity contribution is -0.138. The van der Waals surface area contributed by atoms with Crippen LogP contribution in [0.3, 0.4) is 0 Å². The van der Waals surface area contributed by atoms with Crippen molar-refractivity contribution in [3.05, 3.63) is 0 Å². The van der Waals surface area contributed by atoms with Gasteiger partial charge >= 0.3 is 0 Å². The Kier molecular flexibility index (Phi) is 5.05. The molecule has 0 bridgehead atoms. The second-order valence-electron chi connectivity index (χ2n) is 4.05. The molecule has 1 aliphatic heterocycles. The van der Waals surface area contributed by atoms with Crippen molar-refractivity contribution < 1.29 is 9.90 Å². The molecule has 1 rings (SSSR count). The van der Waals surface area contributed by atoms with Crippen LogP contribution in [0.15, 0.2) is 0 Å². The largest absolute Gasteiger partial charge is 0.396 e. The van der Waals surface area contributed by atoms with Gasteiger partial charge in [0.2, 0.25) is 5.91 Å². The first-order valence-electron chi connectivity index (χ1n) is 5.84. The molecule has 0 aromatic carbocycles. The van der Waals surface area contributed by atoms with E-state index in [2.05, 4.69) is 11.8 Å². The van der Waals surface area contributed by atoms with Gasteiger partial charge < -0.3 is 14.9 Å². The number of rotatable bonds is 4. The zero-order valence-electron chi connectivity index (χ0n) is 9.78. The van der Waals surface area contributed by atoms with Gasteiger partial charge in [0.25, 0.3) is 0 Å². The molecule has 4 heteroatoms. The first-order valence-corrected chi connectivity index (χ1v) is 5.84. The monoisotopic (exact) mass is 214 g/mol. The van der Waals surface area contributed by atoms with E-state index in [4.69, 9.17) is 5.11 Å². The zero-order valence-corrected chi connectivity index (χ0v) is 9.78. The van der Waals surface area contributed by atoms with Gasteiger partial charge in [-0.3, -0.25) is 4.79 Å². The highest BCUT2D eigenvalue weighted by Crippen LogP contribution is 2.10. The first kappa shape index (κ1) is 12.5. The van der Waals surface area contributed by atoms with Crippen molar-refractivity contribution >= 4 is 5.91 Å². The normalized spacial score (nSPS) is 20.3. The zero-order chi connectivity index (χ0) is 11.3. The van der Waals surface area contributed by atoms with E-state index in [1.165, 1.54) is 0 Å². The van der Waals surface area contributed by atoms with Crippen LogP contribution in [0.5, 0.6) is 0 Å². The van der Waals surface area contributed by atoms with E-state index in [9.17, 15) is 4.79 Å². The predicted molar refractivity (Wildman–Crippen MR) is 59.6 cm³/mol. The van der Waals surface area contributed by atoms with Crippen molar-refractivity contribution in [1.82, 2.24) is 9.80 Å². The maximum absolute atomic E-state index is 11.9. The Hall–Kier alpha value is -0.610. The molecule has 0 aliphatic carbocycles. The third kappa shape index (κ3) is 3.18. The maximum atomic E-state index is 11.9. The van der Waals surface area contributed by atoms with Crippen molar-refractivity contribution in [3.8, 4) is 0 Å². The standard InChI is InChI=1S/C11H22N2O2/c1-3-10(9-14)11(15)13-7-5-12(4-2)6-8-13/h10,14H,3-9H2,1-2H3. The Balaban J connectivity index is 2.42. The molecule has 1 heterocycles. The molecule has 0 saturated carbocycles. The highest BCUT2D eigenvalue weighted by Gasteiger charge is 2.25. The molecule has 0 spiro atoms. The van der Waals surface area contributed by atoms with Gasteiger partial charge in [0.05, 0.1) is 12.5 Å². The number of piperazine rings is 1. The molecule has 1 fully saturated rings. The lowest BCUT2D eigenvalue weighted by atomic mass is 10.1. The predicted octanol–water partition coefficient (Wildman–Crippen LogP) is 0.169. The Morgan fingerprint density at radius 3 is 2.27 bits per heavy atom. The number of carbonyl (C=O) groups is 1. The third-order valence-electron chi connectivity index (χ3n) is 3.19. The quantitative estimate of drug-likeness (QED) is 0.725. The van der Waals surface area contributed by atoms with Gasteiger partial charge in [-0.2, -0.15) is 0 Å². The third-order valence-corrected chi connectivity index (χ3v) is 3.19. The van der Waals surface area contributed by atoms with Crippen molar-refractivity contribution in [2.24, 2.45) is 5.92 Å². The number of aliphatic hydroxyl groups excluding tert-OH is 1. The lowest BCUT2D eigenvalue weighted by Crippen LogP contribution is -2.50. The van der Waals surface area contributed by atoms with E-state index in [1.54, 1.807) is 0 Å². The minimum absolute atomic E-state index is 0.0245. The number of aliphatic hydroxyl groups is 1. The molecular formula is C11H22N2O2. The second kappa shape index (κ2) is 6.08. The maximum Gasteiger partial charge on any atom is 0.228 e. The van der Waals surface area contributed by atoms with Crippen molar-refractivity contribution in [2.75, 3.05) is 39.3 Å². The Morgan fingerprint density at radius 2 is 1.87 bits per heavy atom. The second-order valence-corrected chi connectivity index (χ2v) is 4.05. The average molecular weight is 214 g/mol. The lowest BCUT2D eigenvalue weighted by Gasteiger charge is -2.35. The molecule has 1 N–H and O–H groups in total. The van der Waals surface area contributed by atoms with Crippen LogP contribution in [-0.2, 0) is 4.79 Å². The summed E-state index contributed by atoms with van der Waals surface area (Å²) in [5.74, 6) is -0.0751. The van der Waals surface area contributed by atoms with Crippen LogP contribution in [0.1, 0.15) is 20.3 Å². The molecule has 15 heavy (non-hydrogen) atoms. The summed E-state index contributed by atoms with van der Waals surface area (Å²) in [6.07, 6.45) is 0.726. The minimum atomic E-state index is -0.196. The Labute approximate surface area is 91.9 Å². The molecule has 0 radical (unpaired) electrons. The van der Waals surface area contributed by atoms with E-state index in [-0.39, 0.29) is 18.4 Å². The van der Waals surface area contributed by atoms with Crippen molar-refractivity contribution in [3.63, 3.8) is 0 Å². The summed E-state index contributed by atoms with van der Waals surface area (Å²) < 4.78 is 0. The Bertz CT molecular complexity index is 197. The summed E-state index contributed by atoms with van der Waals surface area (Å²) in [6.45, 7) is 8.66. The smallest absolute Gasteiger partial charge is 0.228 e. The molecule has 1 atom stereocenters. The van der Waals surface area contributed by atoms with Crippen LogP contribution >= 0.6 is 0 Å². The number of amides is 1. The van der Waals surface area contributed by atoms with Gasteiger partial charge in [0, 0.05) is 26.2 Å². The van der Waals surface area contributed by atoms with Crippen LogP contribution in [0.25, 0.3) is 0 Å². The highest BCUT2D eigenvalue weighted by atomic mass is 16.3. The number of hydrogen-bond donors (Lipinski definition) is 1. The first-order chi connectivity index (χ1) is 7.22. The summed E-state index contributed by atoms with van der Waals surface area (Å²) in [5, 5.41) is 9.07. The van der Waals surface area contributed by atoms with E-state index in [0.29, 0.717) is 0 Å². The number of hydrogen-bond acceptors (Lipinski definition) is 3. The fourth-order valence-electron chi connectivity index (χ4n) is 1.92. The molecular weight excluding hydrogens is 192 g/mol. The van der Waals surface area contributed by atoms with Crippen LogP contribution in [0.4, 0.5) is 0 Å². The van der Waals surface area contributed by atoms with Crippen LogP contribution in [0, 0.1) is 5.92 Å². The molecule has 0 aromatic rings. The van der Waals surface area contributed by atoms with Crippen LogP contribution in [0.2, 0.25) is 0 Å². The number of carbonyl (C=O) groups excluding carboxylic acids is 1. The summed E-state index contributed by atoms with van der Waals surface area (Å²) >= 11 is 0. The molecule has 1 aliphatic rings.